The summed E-state index contributed by atoms with van der Waals surface area (Å²) in [6.45, 7) is 0. The maximum Gasteiger partial charge on any atom is 0.251 e. The van der Waals surface area contributed by atoms with Crippen molar-refractivity contribution in [1.29, 1.82) is 0 Å². The Morgan fingerprint density at radius 1 is 1.17 bits per heavy atom. The van der Waals surface area contributed by atoms with Crippen LogP contribution < -0.4 is 5.32 Å². The number of halogens is 1. The average Bonchev–Trinajstić information content (AvgIpc) is 2.46. The fourth-order valence-electron chi connectivity index (χ4n) is 1.64. The molecule has 0 spiro atoms. The summed E-state index contributed by atoms with van der Waals surface area (Å²) in [5, 5.41) is 2.90. The molecule has 1 aromatic heterocycles. The highest BCUT2D eigenvalue weighted by atomic mass is 35.5. The van der Waals surface area contributed by atoms with Gasteiger partial charge < -0.3 is 5.32 Å². The van der Waals surface area contributed by atoms with Crippen molar-refractivity contribution in [2.24, 2.45) is 0 Å². The number of benzene rings is 1. The third-order valence-electron chi connectivity index (χ3n) is 2.60. The molecule has 2 rings (SSSR count). The van der Waals surface area contributed by atoms with Crippen LogP contribution in [-0.4, -0.2) is 16.8 Å². The van der Waals surface area contributed by atoms with E-state index in [4.69, 9.17) is 11.6 Å². The average molecular weight is 261 g/mol. The number of rotatable bonds is 4. The predicted molar refractivity (Wildman–Crippen MR) is 71.6 cm³/mol. The van der Waals surface area contributed by atoms with Crippen LogP contribution in [0.2, 0.25) is 0 Å². The van der Waals surface area contributed by atoms with Crippen LogP contribution in [0.1, 0.15) is 22.0 Å². The molecule has 0 fully saturated rings. The molecule has 1 aromatic carbocycles. The molecule has 0 bridgehead atoms. The number of carbonyl (C=O) groups is 1. The molecule has 4 heteroatoms. The molecule has 0 aliphatic heterocycles. The van der Waals surface area contributed by atoms with E-state index in [0.717, 1.165) is 5.56 Å². The van der Waals surface area contributed by atoms with Gasteiger partial charge in [0.25, 0.3) is 5.91 Å². The van der Waals surface area contributed by atoms with Crippen molar-refractivity contribution in [3.05, 3.63) is 66.0 Å². The lowest BCUT2D eigenvalue weighted by atomic mass is 10.1. The molecule has 2 aromatic rings. The smallest absolute Gasteiger partial charge is 0.251 e. The largest absolute Gasteiger partial charge is 0.344 e. The van der Waals surface area contributed by atoms with Crippen LogP contribution in [0.25, 0.3) is 0 Å². The highest BCUT2D eigenvalue weighted by molar-refractivity contribution is 6.18. The Bertz CT molecular complexity index is 502. The second kappa shape index (κ2) is 6.17. The first-order valence-electron chi connectivity index (χ1n) is 5.63. The number of aromatic nitrogens is 1. The molecule has 0 saturated carbocycles. The van der Waals surface area contributed by atoms with Gasteiger partial charge in [-0.25, -0.2) is 0 Å². The van der Waals surface area contributed by atoms with Gasteiger partial charge in [0.2, 0.25) is 0 Å². The topological polar surface area (TPSA) is 42.0 Å². The number of nitrogens with zero attached hydrogens (tertiary/aromatic N) is 1. The lowest BCUT2D eigenvalue weighted by molar-refractivity contribution is 0.0940. The van der Waals surface area contributed by atoms with Crippen molar-refractivity contribution in [1.82, 2.24) is 10.3 Å². The van der Waals surface area contributed by atoms with E-state index in [-0.39, 0.29) is 11.9 Å². The van der Waals surface area contributed by atoms with E-state index in [9.17, 15) is 4.79 Å². The van der Waals surface area contributed by atoms with E-state index >= 15 is 0 Å². The lowest BCUT2D eigenvalue weighted by Gasteiger charge is -2.16. The van der Waals surface area contributed by atoms with Gasteiger partial charge in [0.15, 0.2) is 0 Å². The Morgan fingerprint density at radius 3 is 2.44 bits per heavy atom. The van der Waals surface area contributed by atoms with Crippen LogP contribution in [0.5, 0.6) is 0 Å². The molecular weight excluding hydrogens is 248 g/mol. The molecule has 0 saturated heterocycles. The maximum atomic E-state index is 12.0. The van der Waals surface area contributed by atoms with Crippen LogP contribution >= 0.6 is 11.6 Å². The first-order chi connectivity index (χ1) is 8.81. The van der Waals surface area contributed by atoms with Gasteiger partial charge in [-0.05, 0) is 17.7 Å². The Hall–Kier alpha value is -1.87. The van der Waals surface area contributed by atoms with Gasteiger partial charge in [-0.2, -0.15) is 0 Å². The second-order valence-electron chi connectivity index (χ2n) is 3.83. The van der Waals surface area contributed by atoms with Crippen molar-refractivity contribution >= 4 is 17.5 Å². The van der Waals surface area contributed by atoms with Gasteiger partial charge in [0.05, 0.1) is 6.04 Å². The quantitative estimate of drug-likeness (QED) is 0.859. The molecule has 1 atom stereocenters. The standard InChI is InChI=1S/C14H13ClN2O/c15-10-13(11-4-2-1-3-5-11)17-14(18)12-6-8-16-9-7-12/h1-9,13H,10H2,(H,17,18). The maximum absolute atomic E-state index is 12.0. The van der Waals surface area contributed by atoms with Gasteiger partial charge in [-0.3, -0.25) is 9.78 Å². The van der Waals surface area contributed by atoms with Crippen LogP contribution in [0.4, 0.5) is 0 Å². The minimum atomic E-state index is -0.187. The predicted octanol–water partition coefficient (Wildman–Crippen LogP) is 2.79. The van der Waals surface area contributed by atoms with E-state index in [1.807, 2.05) is 30.3 Å². The molecule has 1 N–H and O–H groups in total. The minimum Gasteiger partial charge on any atom is -0.344 e. The summed E-state index contributed by atoms with van der Waals surface area (Å²) >= 11 is 5.91. The number of hydrogen-bond acceptors (Lipinski definition) is 2. The first-order valence-corrected chi connectivity index (χ1v) is 6.16. The minimum absolute atomic E-state index is 0.146. The highest BCUT2D eigenvalue weighted by Crippen LogP contribution is 2.14. The molecule has 0 aliphatic carbocycles. The normalized spacial score (nSPS) is 11.8. The molecule has 0 radical (unpaired) electrons. The Kier molecular flexibility index (Phi) is 4.31. The zero-order valence-electron chi connectivity index (χ0n) is 9.71. The number of carbonyl (C=O) groups excluding carboxylic acids is 1. The summed E-state index contributed by atoms with van der Waals surface area (Å²) in [7, 11) is 0. The summed E-state index contributed by atoms with van der Waals surface area (Å²) in [5.74, 6) is 0.188. The van der Waals surface area contributed by atoms with E-state index in [1.165, 1.54) is 0 Å². The van der Waals surface area contributed by atoms with Crippen LogP contribution in [-0.2, 0) is 0 Å². The van der Waals surface area contributed by atoms with Crippen LogP contribution in [0, 0.1) is 0 Å². The molecule has 18 heavy (non-hydrogen) atoms. The molecule has 0 aliphatic rings. The van der Waals surface area contributed by atoms with Crippen molar-refractivity contribution in [2.45, 2.75) is 6.04 Å². The number of amides is 1. The molecule has 1 amide bonds. The van der Waals surface area contributed by atoms with Gasteiger partial charge in [-0.15, -0.1) is 11.6 Å². The summed E-state index contributed by atoms with van der Waals surface area (Å²) in [6.07, 6.45) is 3.18. The van der Waals surface area contributed by atoms with Gasteiger partial charge >= 0.3 is 0 Å². The van der Waals surface area contributed by atoms with Gasteiger partial charge in [-0.1, -0.05) is 30.3 Å². The fraction of sp³-hybridized carbons (Fsp3) is 0.143. The third kappa shape index (κ3) is 3.08. The van der Waals surface area contributed by atoms with Crippen LogP contribution in [0.15, 0.2) is 54.9 Å². The number of pyridine rings is 1. The number of hydrogen-bond donors (Lipinski definition) is 1. The number of alkyl halides is 1. The second-order valence-corrected chi connectivity index (χ2v) is 4.14. The molecule has 1 unspecified atom stereocenters. The van der Waals surface area contributed by atoms with Crippen LogP contribution in [0.3, 0.4) is 0 Å². The van der Waals surface area contributed by atoms with E-state index in [0.29, 0.717) is 11.4 Å². The SMILES string of the molecule is O=C(NC(CCl)c1ccccc1)c1ccncc1. The summed E-state index contributed by atoms with van der Waals surface area (Å²) in [6, 6.07) is 12.8. The van der Waals surface area contributed by atoms with E-state index in [2.05, 4.69) is 10.3 Å². The Labute approximate surface area is 111 Å². The zero-order chi connectivity index (χ0) is 12.8. The lowest BCUT2D eigenvalue weighted by Crippen LogP contribution is -2.29. The first kappa shape index (κ1) is 12.6. The number of nitrogens with one attached hydrogen (secondary N) is 1. The zero-order valence-corrected chi connectivity index (χ0v) is 10.5. The monoisotopic (exact) mass is 260 g/mol. The summed E-state index contributed by atoms with van der Waals surface area (Å²) in [4.78, 5) is 15.9. The summed E-state index contributed by atoms with van der Waals surface area (Å²) < 4.78 is 0. The molecule has 92 valence electrons. The summed E-state index contributed by atoms with van der Waals surface area (Å²) in [5.41, 5.74) is 1.57. The van der Waals surface area contributed by atoms with E-state index < -0.39 is 0 Å². The molecular formula is C14H13ClN2O. The van der Waals surface area contributed by atoms with Crippen molar-refractivity contribution in [3.63, 3.8) is 0 Å². The molecule has 1 heterocycles. The van der Waals surface area contributed by atoms with Crippen molar-refractivity contribution in [2.75, 3.05) is 5.88 Å². The Morgan fingerprint density at radius 2 is 1.83 bits per heavy atom. The Balaban J connectivity index is 2.10. The fourth-order valence-corrected chi connectivity index (χ4v) is 1.90. The molecule has 3 nitrogen and oxygen atoms in total. The van der Waals surface area contributed by atoms with Crippen molar-refractivity contribution < 1.29 is 4.79 Å². The van der Waals surface area contributed by atoms with Crippen molar-refractivity contribution in [3.8, 4) is 0 Å². The highest BCUT2D eigenvalue weighted by Gasteiger charge is 2.14. The van der Waals surface area contributed by atoms with Gasteiger partial charge in [0.1, 0.15) is 0 Å². The third-order valence-corrected chi connectivity index (χ3v) is 2.91. The van der Waals surface area contributed by atoms with E-state index in [1.54, 1.807) is 24.5 Å². The van der Waals surface area contributed by atoms with Gasteiger partial charge in [0, 0.05) is 23.8 Å².